The summed E-state index contributed by atoms with van der Waals surface area (Å²) < 4.78 is 2.18. The van der Waals surface area contributed by atoms with Gasteiger partial charge in [-0.1, -0.05) is 52.0 Å². The van der Waals surface area contributed by atoms with Gasteiger partial charge in [-0.2, -0.15) is 0 Å². The molecule has 0 amide bonds. The molecule has 0 radical (unpaired) electrons. The number of rotatable bonds is 4. The number of likely N-dealkylation sites (N-methyl/N-ethyl adjacent to an activating group) is 1. The lowest BCUT2D eigenvalue weighted by Gasteiger charge is -2.34. The summed E-state index contributed by atoms with van der Waals surface area (Å²) in [5, 5.41) is 0. The van der Waals surface area contributed by atoms with Crippen LogP contribution in [0.15, 0.2) is 42.6 Å². The summed E-state index contributed by atoms with van der Waals surface area (Å²) in [4.78, 5) is 10.0. The van der Waals surface area contributed by atoms with Crippen molar-refractivity contribution >= 4 is 11.3 Å². The maximum Gasteiger partial charge on any atom is 0.137 e. The van der Waals surface area contributed by atoms with Crippen LogP contribution >= 0.6 is 0 Å². The van der Waals surface area contributed by atoms with Crippen molar-refractivity contribution in [3.63, 3.8) is 0 Å². The molecule has 5 heteroatoms. The number of aromatic nitrogens is 2. The molecule has 1 aliphatic rings. The minimum Gasteiger partial charge on any atom is -0.398 e. The second kappa shape index (κ2) is 7.81. The van der Waals surface area contributed by atoms with Crippen LogP contribution in [0.5, 0.6) is 0 Å². The van der Waals surface area contributed by atoms with E-state index < -0.39 is 0 Å². The molecule has 5 nitrogen and oxygen atoms in total. The molecule has 1 aromatic carbocycles. The Morgan fingerprint density at radius 3 is 2.21 bits per heavy atom. The molecule has 0 spiro atoms. The lowest BCUT2D eigenvalue weighted by atomic mass is 9.86. The molecule has 0 saturated carbocycles. The number of hydrogen-bond acceptors (Lipinski definition) is 4. The van der Waals surface area contributed by atoms with Crippen molar-refractivity contribution < 1.29 is 0 Å². The first kappa shape index (κ1) is 19.9. The number of imidazole rings is 1. The third-order valence-electron chi connectivity index (χ3n) is 6.05. The number of nitrogen functional groups attached to an aromatic ring is 1. The molecule has 4 rings (SSSR count). The van der Waals surface area contributed by atoms with E-state index in [1.807, 2.05) is 18.3 Å². The highest BCUT2D eigenvalue weighted by atomic mass is 15.3. The van der Waals surface area contributed by atoms with Crippen LogP contribution in [0.4, 0.5) is 5.69 Å². The molecule has 0 bridgehead atoms. The maximum atomic E-state index is 6.11. The molecule has 0 unspecified atom stereocenters. The first-order chi connectivity index (χ1) is 13.8. The van der Waals surface area contributed by atoms with Gasteiger partial charge in [-0.05, 0) is 29.7 Å². The summed E-state index contributed by atoms with van der Waals surface area (Å²) in [6, 6.07) is 12.8. The van der Waals surface area contributed by atoms with Gasteiger partial charge >= 0.3 is 0 Å². The Bertz CT molecular complexity index is 973. The number of benzene rings is 1. The van der Waals surface area contributed by atoms with Crippen molar-refractivity contribution in [2.75, 3.05) is 38.5 Å². The van der Waals surface area contributed by atoms with Crippen LogP contribution in [-0.2, 0) is 12.0 Å². The van der Waals surface area contributed by atoms with Crippen molar-refractivity contribution in [3.05, 3.63) is 53.9 Å². The van der Waals surface area contributed by atoms with E-state index in [0.29, 0.717) is 0 Å². The van der Waals surface area contributed by atoms with E-state index in [-0.39, 0.29) is 5.41 Å². The van der Waals surface area contributed by atoms with Crippen LogP contribution in [0.3, 0.4) is 0 Å². The van der Waals surface area contributed by atoms with Gasteiger partial charge in [0.25, 0.3) is 0 Å². The molecule has 2 N–H and O–H groups in total. The van der Waals surface area contributed by atoms with Crippen molar-refractivity contribution in [1.82, 2.24) is 19.2 Å². The minimum atomic E-state index is 0.147. The van der Waals surface area contributed by atoms with E-state index in [0.717, 1.165) is 56.3 Å². The molecule has 29 heavy (non-hydrogen) atoms. The number of piperazine rings is 1. The molecule has 3 heterocycles. The average molecular weight is 392 g/mol. The summed E-state index contributed by atoms with van der Waals surface area (Å²) in [7, 11) is 0. The third-order valence-corrected chi connectivity index (χ3v) is 6.05. The molecule has 1 saturated heterocycles. The zero-order valence-electron chi connectivity index (χ0n) is 18.2. The van der Waals surface area contributed by atoms with Crippen molar-refractivity contribution in [1.29, 1.82) is 0 Å². The highest BCUT2D eigenvalue weighted by molar-refractivity contribution is 5.68. The van der Waals surface area contributed by atoms with Crippen LogP contribution < -0.4 is 5.73 Å². The number of nitrogens with zero attached hydrogens (tertiary/aromatic N) is 4. The van der Waals surface area contributed by atoms with Gasteiger partial charge in [-0.15, -0.1) is 0 Å². The molecule has 1 aliphatic heterocycles. The summed E-state index contributed by atoms with van der Waals surface area (Å²) in [5.41, 5.74) is 12.8. The van der Waals surface area contributed by atoms with Crippen LogP contribution in [0, 0.1) is 0 Å². The van der Waals surface area contributed by atoms with Crippen LogP contribution in [0.2, 0.25) is 0 Å². The van der Waals surface area contributed by atoms with E-state index in [2.05, 4.69) is 66.2 Å². The zero-order valence-corrected chi connectivity index (χ0v) is 18.2. The zero-order chi connectivity index (χ0) is 20.6. The fourth-order valence-electron chi connectivity index (χ4n) is 4.10. The minimum absolute atomic E-state index is 0.147. The number of anilines is 1. The predicted octanol–water partition coefficient (Wildman–Crippen LogP) is 4.02. The van der Waals surface area contributed by atoms with Crippen LogP contribution in [0.25, 0.3) is 16.9 Å². The van der Waals surface area contributed by atoms with E-state index in [1.54, 1.807) is 0 Å². The van der Waals surface area contributed by atoms with E-state index in [4.69, 9.17) is 10.7 Å². The Balaban J connectivity index is 1.71. The molecular weight excluding hydrogens is 358 g/mol. The Kier molecular flexibility index (Phi) is 5.36. The predicted molar refractivity (Wildman–Crippen MR) is 121 cm³/mol. The van der Waals surface area contributed by atoms with Gasteiger partial charge in [0.1, 0.15) is 5.65 Å². The lowest BCUT2D eigenvalue weighted by Crippen LogP contribution is -2.45. The number of hydrogen-bond donors (Lipinski definition) is 1. The fraction of sp³-hybridized carbons (Fsp3) is 0.458. The summed E-state index contributed by atoms with van der Waals surface area (Å²) >= 11 is 0. The van der Waals surface area contributed by atoms with Gasteiger partial charge in [-0.3, -0.25) is 4.90 Å². The Morgan fingerprint density at radius 1 is 0.931 bits per heavy atom. The Hall–Kier alpha value is -2.37. The van der Waals surface area contributed by atoms with Crippen molar-refractivity contribution in [3.8, 4) is 11.3 Å². The third kappa shape index (κ3) is 4.16. The fourth-order valence-corrected chi connectivity index (χ4v) is 4.10. The van der Waals surface area contributed by atoms with Crippen LogP contribution in [-0.4, -0.2) is 51.9 Å². The van der Waals surface area contributed by atoms with Gasteiger partial charge in [-0.25, -0.2) is 4.98 Å². The summed E-state index contributed by atoms with van der Waals surface area (Å²) in [5.74, 6) is 0. The topological polar surface area (TPSA) is 49.8 Å². The van der Waals surface area contributed by atoms with E-state index in [9.17, 15) is 0 Å². The van der Waals surface area contributed by atoms with Gasteiger partial charge in [0, 0.05) is 50.2 Å². The van der Waals surface area contributed by atoms with Gasteiger partial charge in [0.15, 0.2) is 0 Å². The van der Waals surface area contributed by atoms with E-state index >= 15 is 0 Å². The van der Waals surface area contributed by atoms with Crippen molar-refractivity contribution in [2.24, 2.45) is 0 Å². The van der Waals surface area contributed by atoms with Crippen LogP contribution in [0.1, 0.15) is 39.0 Å². The molecule has 0 atom stereocenters. The molecule has 0 aliphatic carbocycles. The Morgan fingerprint density at radius 2 is 1.59 bits per heavy atom. The highest BCUT2D eigenvalue weighted by Gasteiger charge is 2.21. The monoisotopic (exact) mass is 391 g/mol. The summed E-state index contributed by atoms with van der Waals surface area (Å²) in [6.45, 7) is 15.4. The first-order valence-electron chi connectivity index (χ1n) is 10.7. The largest absolute Gasteiger partial charge is 0.398 e. The number of pyridine rings is 1. The second-order valence-electron chi connectivity index (χ2n) is 9.14. The standard InChI is InChI=1S/C24H33N5/c1-5-27-12-14-28(15-13-27)17-21-23(26-22-11-10-20(25)16-29(21)22)18-6-8-19(9-7-18)24(2,3)4/h6-11,16H,5,12-15,17,25H2,1-4H3. The SMILES string of the molecule is CCN1CCN(Cc2c(-c3ccc(C(C)(C)C)cc3)nc3ccc(N)cn23)CC1. The smallest absolute Gasteiger partial charge is 0.137 e. The second-order valence-corrected chi connectivity index (χ2v) is 9.14. The van der Waals surface area contributed by atoms with Gasteiger partial charge in [0.2, 0.25) is 0 Å². The molecule has 154 valence electrons. The molecule has 1 fully saturated rings. The molecular formula is C24H33N5. The first-order valence-corrected chi connectivity index (χ1v) is 10.7. The van der Waals surface area contributed by atoms with E-state index in [1.165, 1.54) is 16.8 Å². The highest BCUT2D eigenvalue weighted by Crippen LogP contribution is 2.29. The average Bonchev–Trinajstić information content (AvgIpc) is 3.05. The number of fused-ring (bicyclic) bond motifs is 1. The lowest BCUT2D eigenvalue weighted by molar-refractivity contribution is 0.131. The Labute approximate surface area is 174 Å². The maximum absolute atomic E-state index is 6.11. The summed E-state index contributed by atoms with van der Waals surface area (Å²) in [6.07, 6.45) is 2.01. The molecule has 2 aromatic heterocycles. The van der Waals surface area contributed by atoms with Gasteiger partial charge < -0.3 is 15.0 Å². The normalized spacial score (nSPS) is 16.6. The van der Waals surface area contributed by atoms with Gasteiger partial charge in [0.05, 0.1) is 11.4 Å². The quantitative estimate of drug-likeness (QED) is 0.730. The van der Waals surface area contributed by atoms with Crippen molar-refractivity contribution in [2.45, 2.75) is 39.7 Å². The number of nitrogens with two attached hydrogens (primary N) is 1. The molecule has 3 aromatic rings.